The van der Waals surface area contributed by atoms with Crippen LogP contribution in [0.3, 0.4) is 0 Å². The molecule has 2 aliphatic rings. The maximum Gasteiger partial charge on any atom is 0.244 e. The van der Waals surface area contributed by atoms with Gasteiger partial charge in [-0.3, -0.25) is 14.3 Å². The van der Waals surface area contributed by atoms with Crippen molar-refractivity contribution < 1.29 is 9.59 Å². The molecule has 2 aromatic rings. The third-order valence-corrected chi connectivity index (χ3v) is 6.41. The number of rotatable bonds is 5. The fourth-order valence-corrected chi connectivity index (χ4v) is 4.63. The van der Waals surface area contributed by atoms with E-state index in [0.29, 0.717) is 25.6 Å². The molecule has 2 aliphatic heterocycles. The van der Waals surface area contributed by atoms with Gasteiger partial charge in [0.15, 0.2) is 0 Å². The maximum absolute atomic E-state index is 13.4. The number of likely N-dealkylation sites (tertiary alicyclic amines) is 2. The Kier molecular flexibility index (Phi) is 5.43. The first kappa shape index (κ1) is 19.7. The summed E-state index contributed by atoms with van der Waals surface area (Å²) in [5.41, 5.74) is 2.08. The van der Waals surface area contributed by atoms with Gasteiger partial charge in [0.05, 0.1) is 5.41 Å². The second-order valence-corrected chi connectivity index (χ2v) is 8.78. The summed E-state index contributed by atoms with van der Waals surface area (Å²) >= 11 is 0. The number of carbonyl (C=O) groups excluding carboxylic acids is 2. The van der Waals surface area contributed by atoms with Crippen molar-refractivity contribution in [2.75, 3.05) is 19.6 Å². The van der Waals surface area contributed by atoms with E-state index in [9.17, 15) is 9.59 Å². The first-order valence-corrected chi connectivity index (χ1v) is 10.6. The Balaban J connectivity index is 1.41. The highest BCUT2D eigenvalue weighted by atomic mass is 16.2. The van der Waals surface area contributed by atoms with Crippen LogP contribution in [-0.2, 0) is 22.7 Å². The highest BCUT2D eigenvalue weighted by Crippen LogP contribution is 2.40. The highest BCUT2D eigenvalue weighted by molar-refractivity contribution is 5.86. The molecular weight excluding hydrogens is 364 g/mol. The van der Waals surface area contributed by atoms with E-state index in [-0.39, 0.29) is 18.4 Å². The molecule has 0 unspecified atom stereocenters. The first-order valence-electron chi connectivity index (χ1n) is 10.6. The predicted molar refractivity (Wildman–Crippen MR) is 111 cm³/mol. The number of aromatic nitrogens is 2. The van der Waals surface area contributed by atoms with Gasteiger partial charge < -0.3 is 9.80 Å². The molecule has 0 bridgehead atoms. The lowest BCUT2D eigenvalue weighted by molar-refractivity contribution is -0.146. The maximum atomic E-state index is 13.4. The number of carbonyl (C=O) groups is 2. The lowest BCUT2D eigenvalue weighted by Crippen LogP contribution is -2.50. The Hall–Kier alpha value is -2.63. The molecule has 0 radical (unpaired) electrons. The second-order valence-electron chi connectivity index (χ2n) is 8.78. The number of benzene rings is 1. The van der Waals surface area contributed by atoms with Crippen molar-refractivity contribution in [1.82, 2.24) is 19.6 Å². The smallest absolute Gasteiger partial charge is 0.244 e. The average Bonchev–Trinajstić information content (AvgIpc) is 3.37. The molecule has 29 heavy (non-hydrogen) atoms. The van der Waals surface area contributed by atoms with Crippen molar-refractivity contribution in [2.45, 2.75) is 52.1 Å². The normalized spacial score (nSPS) is 22.1. The van der Waals surface area contributed by atoms with Gasteiger partial charge in [-0.1, -0.05) is 38.1 Å². The van der Waals surface area contributed by atoms with E-state index in [0.717, 1.165) is 25.8 Å². The quantitative estimate of drug-likeness (QED) is 0.783. The lowest BCUT2D eigenvalue weighted by Gasteiger charge is -2.39. The molecule has 2 amide bonds. The van der Waals surface area contributed by atoms with Crippen LogP contribution in [0.5, 0.6) is 0 Å². The fraction of sp³-hybridized carbons (Fsp3) is 0.522. The molecule has 0 N–H and O–H groups in total. The van der Waals surface area contributed by atoms with Crippen LogP contribution in [0.2, 0.25) is 0 Å². The summed E-state index contributed by atoms with van der Waals surface area (Å²) in [4.78, 5) is 29.9. The van der Waals surface area contributed by atoms with Crippen LogP contribution in [0.25, 0.3) is 0 Å². The van der Waals surface area contributed by atoms with Crippen molar-refractivity contribution in [3.05, 3.63) is 53.9 Å². The Morgan fingerprint density at radius 2 is 1.97 bits per heavy atom. The first-order chi connectivity index (χ1) is 14.0. The van der Waals surface area contributed by atoms with E-state index in [4.69, 9.17) is 0 Å². The van der Waals surface area contributed by atoms with Crippen LogP contribution >= 0.6 is 0 Å². The van der Waals surface area contributed by atoms with Crippen molar-refractivity contribution in [1.29, 1.82) is 0 Å². The molecule has 0 aliphatic carbocycles. The minimum absolute atomic E-state index is 0.0415. The van der Waals surface area contributed by atoms with Crippen LogP contribution in [0.15, 0.2) is 42.7 Å². The van der Waals surface area contributed by atoms with Crippen LogP contribution in [0.4, 0.5) is 0 Å². The standard InChI is InChI=1S/C23H30N4O2/c1-18(2)20-7-5-19(6-8-20)15-25-12-3-9-23(22(25)29)10-14-26(17-23)21(28)16-27-13-4-11-24-27/h4-8,11,13,18H,3,9-10,12,14-17H2,1-2H3/t23-/m1/s1. The third kappa shape index (κ3) is 4.07. The van der Waals surface area contributed by atoms with E-state index in [1.54, 1.807) is 17.1 Å². The summed E-state index contributed by atoms with van der Waals surface area (Å²) in [5, 5.41) is 4.12. The molecule has 1 spiro atoms. The summed E-state index contributed by atoms with van der Waals surface area (Å²) < 4.78 is 1.64. The summed E-state index contributed by atoms with van der Waals surface area (Å²) in [5.74, 6) is 0.763. The largest absolute Gasteiger partial charge is 0.340 e. The van der Waals surface area contributed by atoms with Crippen molar-refractivity contribution in [2.24, 2.45) is 5.41 Å². The van der Waals surface area contributed by atoms with Gasteiger partial charge in [-0.05, 0) is 42.4 Å². The van der Waals surface area contributed by atoms with Gasteiger partial charge in [0.2, 0.25) is 11.8 Å². The van der Waals surface area contributed by atoms with Crippen LogP contribution in [-0.4, -0.2) is 51.0 Å². The van der Waals surface area contributed by atoms with Gasteiger partial charge in [0, 0.05) is 38.6 Å². The molecule has 1 aromatic heterocycles. The fourth-order valence-electron chi connectivity index (χ4n) is 4.63. The predicted octanol–water partition coefficient (Wildman–Crippen LogP) is 3.05. The van der Waals surface area contributed by atoms with Crippen molar-refractivity contribution in [3.8, 4) is 0 Å². The Bertz CT molecular complexity index is 860. The average molecular weight is 395 g/mol. The van der Waals surface area contributed by atoms with Gasteiger partial charge in [0.1, 0.15) is 6.54 Å². The number of hydrogen-bond donors (Lipinski definition) is 0. The molecule has 6 nitrogen and oxygen atoms in total. The number of hydrogen-bond acceptors (Lipinski definition) is 3. The van der Waals surface area contributed by atoms with Crippen LogP contribution in [0.1, 0.15) is 50.2 Å². The number of piperidine rings is 1. The molecule has 0 saturated carbocycles. The van der Waals surface area contributed by atoms with E-state index < -0.39 is 5.41 Å². The van der Waals surface area contributed by atoms with E-state index in [1.807, 2.05) is 15.9 Å². The zero-order valence-electron chi connectivity index (χ0n) is 17.4. The molecule has 1 aromatic carbocycles. The van der Waals surface area contributed by atoms with Gasteiger partial charge in [-0.25, -0.2) is 0 Å². The third-order valence-electron chi connectivity index (χ3n) is 6.41. The van der Waals surface area contributed by atoms with E-state index >= 15 is 0 Å². The summed E-state index contributed by atoms with van der Waals surface area (Å²) in [7, 11) is 0. The minimum atomic E-state index is -0.407. The summed E-state index contributed by atoms with van der Waals surface area (Å²) in [6.45, 7) is 7.26. The van der Waals surface area contributed by atoms with E-state index in [2.05, 4.69) is 43.2 Å². The van der Waals surface area contributed by atoms with Crippen LogP contribution in [0, 0.1) is 5.41 Å². The molecule has 3 heterocycles. The van der Waals surface area contributed by atoms with Gasteiger partial charge in [-0.2, -0.15) is 5.10 Å². The van der Waals surface area contributed by atoms with Crippen LogP contribution < -0.4 is 0 Å². The molecule has 4 rings (SSSR count). The molecular formula is C23H30N4O2. The molecule has 6 heteroatoms. The molecule has 2 fully saturated rings. The Labute approximate surface area is 172 Å². The second kappa shape index (κ2) is 8.01. The Morgan fingerprint density at radius 3 is 2.66 bits per heavy atom. The van der Waals surface area contributed by atoms with E-state index in [1.165, 1.54) is 11.1 Å². The van der Waals surface area contributed by atoms with Crippen molar-refractivity contribution in [3.63, 3.8) is 0 Å². The van der Waals surface area contributed by atoms with Gasteiger partial charge >= 0.3 is 0 Å². The SMILES string of the molecule is CC(C)c1ccc(CN2CCC[C@]3(CCN(C(=O)Cn4cccn4)C3)C2=O)cc1. The summed E-state index contributed by atoms with van der Waals surface area (Å²) in [6.07, 6.45) is 6.10. The number of amides is 2. The lowest BCUT2D eigenvalue weighted by atomic mass is 9.78. The minimum Gasteiger partial charge on any atom is -0.340 e. The monoisotopic (exact) mass is 394 g/mol. The van der Waals surface area contributed by atoms with Crippen molar-refractivity contribution >= 4 is 11.8 Å². The summed E-state index contributed by atoms with van der Waals surface area (Å²) in [6, 6.07) is 10.4. The number of nitrogens with zero attached hydrogens (tertiary/aromatic N) is 4. The Morgan fingerprint density at radius 1 is 1.17 bits per heavy atom. The van der Waals surface area contributed by atoms with Gasteiger partial charge in [0.25, 0.3) is 0 Å². The molecule has 2 saturated heterocycles. The molecule has 1 atom stereocenters. The topological polar surface area (TPSA) is 58.4 Å². The highest BCUT2D eigenvalue weighted by Gasteiger charge is 2.49. The zero-order chi connectivity index (χ0) is 20.4. The molecule has 154 valence electrons. The van der Waals surface area contributed by atoms with Gasteiger partial charge in [-0.15, -0.1) is 0 Å². The zero-order valence-corrected chi connectivity index (χ0v) is 17.4.